The third-order valence-corrected chi connectivity index (χ3v) is 3.60. The van der Waals surface area contributed by atoms with Gasteiger partial charge in [0.1, 0.15) is 5.76 Å². The lowest BCUT2D eigenvalue weighted by atomic mass is 10.1. The highest BCUT2D eigenvalue weighted by molar-refractivity contribution is 9.10. The van der Waals surface area contributed by atoms with E-state index in [1.54, 1.807) is 6.26 Å². The molecular weight excluding hydrogens is 256 g/mol. The first-order valence-corrected chi connectivity index (χ1v) is 5.95. The highest BCUT2D eigenvalue weighted by Crippen LogP contribution is 2.25. The molecule has 1 N–H and O–H groups in total. The normalized spacial score (nSPS) is 25.3. The average Bonchev–Trinajstić information content (AvgIpc) is 2.83. The minimum Gasteiger partial charge on any atom is -0.467 e. The second kappa shape index (κ2) is 4.82. The van der Waals surface area contributed by atoms with E-state index in [0.717, 1.165) is 29.5 Å². The molecule has 2 atom stereocenters. The van der Waals surface area contributed by atoms with Crippen LogP contribution in [0.3, 0.4) is 0 Å². The summed E-state index contributed by atoms with van der Waals surface area (Å²) in [6, 6.07) is 4.56. The van der Waals surface area contributed by atoms with Crippen molar-refractivity contribution in [3.8, 4) is 6.07 Å². The van der Waals surface area contributed by atoms with Crippen molar-refractivity contribution >= 4 is 15.9 Å². The second-order valence-corrected chi connectivity index (χ2v) is 4.70. The second-order valence-electron chi connectivity index (χ2n) is 3.85. The van der Waals surface area contributed by atoms with Crippen molar-refractivity contribution in [2.24, 2.45) is 5.92 Å². The highest BCUT2D eigenvalue weighted by Gasteiger charge is 2.26. The molecule has 0 bridgehead atoms. The van der Waals surface area contributed by atoms with Crippen molar-refractivity contribution in [2.45, 2.75) is 31.8 Å². The van der Waals surface area contributed by atoms with Crippen LogP contribution in [-0.2, 0) is 6.54 Å². The van der Waals surface area contributed by atoms with Crippen LogP contribution in [0.2, 0.25) is 0 Å². The molecule has 80 valence electrons. The number of hydrogen-bond donors (Lipinski definition) is 1. The van der Waals surface area contributed by atoms with E-state index in [0.29, 0.717) is 12.6 Å². The number of nitrogens with zero attached hydrogens (tertiary/aromatic N) is 1. The Morgan fingerprint density at radius 3 is 3.13 bits per heavy atom. The predicted molar refractivity (Wildman–Crippen MR) is 60.0 cm³/mol. The van der Waals surface area contributed by atoms with Crippen molar-refractivity contribution in [1.29, 1.82) is 5.26 Å². The van der Waals surface area contributed by atoms with Gasteiger partial charge in [-0.1, -0.05) is 6.42 Å². The average molecular weight is 269 g/mol. The molecule has 1 heterocycles. The number of hydrogen-bond acceptors (Lipinski definition) is 3. The van der Waals surface area contributed by atoms with Gasteiger partial charge in [-0.25, -0.2) is 0 Å². The zero-order chi connectivity index (χ0) is 10.7. The fourth-order valence-electron chi connectivity index (χ4n) is 2.03. The SMILES string of the molecule is N#CC1CCCC1NCc1occc1Br. The number of nitrogens with one attached hydrogen (secondary N) is 1. The van der Waals surface area contributed by atoms with Crippen molar-refractivity contribution in [3.63, 3.8) is 0 Å². The molecule has 0 aliphatic heterocycles. The summed E-state index contributed by atoms with van der Waals surface area (Å²) in [6.45, 7) is 0.691. The molecule has 1 aromatic rings. The van der Waals surface area contributed by atoms with E-state index < -0.39 is 0 Å². The van der Waals surface area contributed by atoms with E-state index in [4.69, 9.17) is 9.68 Å². The van der Waals surface area contributed by atoms with E-state index in [1.807, 2.05) is 6.07 Å². The molecule has 0 saturated heterocycles. The lowest BCUT2D eigenvalue weighted by Gasteiger charge is -2.14. The monoisotopic (exact) mass is 268 g/mol. The van der Waals surface area contributed by atoms with Crippen LogP contribution < -0.4 is 5.32 Å². The predicted octanol–water partition coefficient (Wildman–Crippen LogP) is 2.82. The number of halogens is 1. The molecule has 1 aliphatic carbocycles. The zero-order valence-electron chi connectivity index (χ0n) is 8.37. The smallest absolute Gasteiger partial charge is 0.131 e. The van der Waals surface area contributed by atoms with E-state index in [2.05, 4.69) is 27.3 Å². The van der Waals surface area contributed by atoms with Gasteiger partial charge in [-0.05, 0) is 34.8 Å². The van der Waals surface area contributed by atoms with Crippen LogP contribution in [0.1, 0.15) is 25.0 Å². The molecule has 2 unspecified atom stereocenters. The Bertz CT molecular complexity index is 369. The third kappa shape index (κ3) is 2.42. The van der Waals surface area contributed by atoms with E-state index >= 15 is 0 Å². The Labute approximate surface area is 97.6 Å². The molecule has 0 radical (unpaired) electrons. The zero-order valence-corrected chi connectivity index (χ0v) is 9.96. The van der Waals surface area contributed by atoms with Gasteiger partial charge in [0.25, 0.3) is 0 Å². The molecular formula is C11H13BrN2O. The highest BCUT2D eigenvalue weighted by atomic mass is 79.9. The fraction of sp³-hybridized carbons (Fsp3) is 0.545. The largest absolute Gasteiger partial charge is 0.467 e. The van der Waals surface area contributed by atoms with Crippen LogP contribution in [0.4, 0.5) is 0 Å². The first-order chi connectivity index (χ1) is 7.31. The lowest BCUT2D eigenvalue weighted by molar-refractivity contribution is 0.417. The topological polar surface area (TPSA) is 49.0 Å². The lowest BCUT2D eigenvalue weighted by Crippen LogP contribution is -2.31. The van der Waals surface area contributed by atoms with Crippen molar-refractivity contribution in [1.82, 2.24) is 5.32 Å². The van der Waals surface area contributed by atoms with Gasteiger partial charge in [-0.3, -0.25) is 0 Å². The van der Waals surface area contributed by atoms with Gasteiger partial charge in [-0.2, -0.15) is 5.26 Å². The van der Waals surface area contributed by atoms with Gasteiger partial charge in [0.05, 0.1) is 29.3 Å². The van der Waals surface area contributed by atoms with Crippen molar-refractivity contribution in [3.05, 3.63) is 22.6 Å². The molecule has 1 fully saturated rings. The maximum absolute atomic E-state index is 8.93. The van der Waals surface area contributed by atoms with Crippen LogP contribution in [0.15, 0.2) is 21.2 Å². The molecule has 1 aromatic heterocycles. The van der Waals surface area contributed by atoms with Gasteiger partial charge in [-0.15, -0.1) is 0 Å². The van der Waals surface area contributed by atoms with Crippen LogP contribution in [0, 0.1) is 17.2 Å². The van der Waals surface area contributed by atoms with E-state index in [9.17, 15) is 0 Å². The molecule has 15 heavy (non-hydrogen) atoms. The summed E-state index contributed by atoms with van der Waals surface area (Å²) in [4.78, 5) is 0. The maximum atomic E-state index is 8.93. The molecule has 0 spiro atoms. The summed E-state index contributed by atoms with van der Waals surface area (Å²) in [5, 5.41) is 12.3. The Morgan fingerprint density at radius 2 is 2.47 bits per heavy atom. The van der Waals surface area contributed by atoms with Gasteiger partial charge in [0.15, 0.2) is 0 Å². The van der Waals surface area contributed by atoms with E-state index in [-0.39, 0.29) is 5.92 Å². The Morgan fingerprint density at radius 1 is 1.60 bits per heavy atom. The number of nitriles is 1. The first kappa shape index (κ1) is 10.7. The van der Waals surface area contributed by atoms with Gasteiger partial charge >= 0.3 is 0 Å². The van der Waals surface area contributed by atoms with Crippen molar-refractivity contribution in [2.75, 3.05) is 0 Å². The molecule has 1 saturated carbocycles. The van der Waals surface area contributed by atoms with Crippen LogP contribution >= 0.6 is 15.9 Å². The summed E-state index contributed by atoms with van der Waals surface area (Å²) in [6.07, 6.45) is 4.93. The minimum absolute atomic E-state index is 0.165. The molecule has 0 aromatic carbocycles. The van der Waals surface area contributed by atoms with Gasteiger partial charge in [0.2, 0.25) is 0 Å². The summed E-state index contributed by atoms with van der Waals surface area (Å²) < 4.78 is 6.29. The summed E-state index contributed by atoms with van der Waals surface area (Å²) in [7, 11) is 0. The standard InChI is InChI=1S/C11H13BrN2O/c12-9-4-5-15-11(9)7-14-10-3-1-2-8(10)6-13/h4-5,8,10,14H,1-3,7H2. The summed E-state index contributed by atoms with van der Waals surface area (Å²) in [5.41, 5.74) is 0. The fourth-order valence-corrected chi connectivity index (χ4v) is 2.38. The van der Waals surface area contributed by atoms with Crippen LogP contribution in [0.25, 0.3) is 0 Å². The van der Waals surface area contributed by atoms with Crippen LogP contribution in [0.5, 0.6) is 0 Å². The maximum Gasteiger partial charge on any atom is 0.131 e. The van der Waals surface area contributed by atoms with Gasteiger partial charge < -0.3 is 9.73 Å². The third-order valence-electron chi connectivity index (χ3n) is 2.90. The molecule has 0 amide bonds. The van der Waals surface area contributed by atoms with Crippen LogP contribution in [-0.4, -0.2) is 6.04 Å². The van der Waals surface area contributed by atoms with E-state index in [1.165, 1.54) is 0 Å². The van der Waals surface area contributed by atoms with Crippen molar-refractivity contribution < 1.29 is 4.42 Å². The number of rotatable bonds is 3. The summed E-state index contributed by atoms with van der Waals surface area (Å²) in [5.74, 6) is 1.07. The molecule has 4 heteroatoms. The molecule has 1 aliphatic rings. The Hall–Kier alpha value is -0.790. The quantitative estimate of drug-likeness (QED) is 0.917. The molecule has 3 nitrogen and oxygen atoms in total. The Balaban J connectivity index is 1.89. The van der Waals surface area contributed by atoms with Gasteiger partial charge in [0, 0.05) is 6.04 Å². The summed E-state index contributed by atoms with van der Waals surface area (Å²) >= 11 is 3.41. The number of furan rings is 1. The first-order valence-electron chi connectivity index (χ1n) is 5.16. The molecule has 2 rings (SSSR count). The minimum atomic E-state index is 0.165. The Kier molecular flexibility index (Phi) is 3.45.